The summed E-state index contributed by atoms with van der Waals surface area (Å²) in [6.45, 7) is 1.89. The lowest BCUT2D eigenvalue weighted by Gasteiger charge is -2.24. The van der Waals surface area contributed by atoms with Crippen molar-refractivity contribution in [2.45, 2.75) is 37.6 Å². The predicted octanol–water partition coefficient (Wildman–Crippen LogP) is 1.83. The van der Waals surface area contributed by atoms with E-state index < -0.39 is 12.1 Å². The molecule has 1 amide bonds. The van der Waals surface area contributed by atoms with Crippen molar-refractivity contribution in [1.82, 2.24) is 19.7 Å². The lowest BCUT2D eigenvalue weighted by Crippen LogP contribution is -2.37. The molecule has 0 aromatic carbocycles. The van der Waals surface area contributed by atoms with Gasteiger partial charge in [-0.05, 0) is 18.1 Å². The van der Waals surface area contributed by atoms with E-state index in [1.54, 1.807) is 17.1 Å². The minimum atomic E-state index is -5.08. The van der Waals surface area contributed by atoms with E-state index in [9.17, 15) is 18.0 Å². The normalized spacial score (nSPS) is 21.7. The van der Waals surface area contributed by atoms with Crippen LogP contribution in [-0.4, -0.2) is 61.5 Å². The second-order valence-corrected chi connectivity index (χ2v) is 6.90. The van der Waals surface area contributed by atoms with Crippen molar-refractivity contribution >= 4 is 17.6 Å². The Morgan fingerprint density at radius 2 is 2.03 bits per heavy atom. The van der Waals surface area contributed by atoms with Crippen LogP contribution in [0.25, 0.3) is 0 Å². The molecule has 8 nitrogen and oxygen atoms in total. The Labute approximate surface area is 164 Å². The third-order valence-corrected chi connectivity index (χ3v) is 4.93. The number of aryl methyl sites for hydroxylation is 1. The Morgan fingerprint density at radius 3 is 2.59 bits per heavy atom. The number of alkyl halides is 3. The fraction of sp³-hybridized carbons (Fsp3) is 0.444. The number of nitrogens with zero attached hydrogens (tertiary/aromatic N) is 5. The first kappa shape index (κ1) is 20.8. The minimum Gasteiger partial charge on any atom is -0.475 e. The number of hydrogen-bond donors (Lipinski definition) is 1. The molecule has 1 N–H and O–H groups in total. The third kappa shape index (κ3) is 4.73. The van der Waals surface area contributed by atoms with Crippen molar-refractivity contribution in [1.29, 1.82) is 0 Å². The summed E-state index contributed by atoms with van der Waals surface area (Å²) in [7, 11) is 1.88. The van der Waals surface area contributed by atoms with Crippen LogP contribution in [0.3, 0.4) is 0 Å². The highest BCUT2D eigenvalue weighted by Crippen LogP contribution is 2.36. The second-order valence-electron chi connectivity index (χ2n) is 6.90. The average molecular weight is 411 g/mol. The Morgan fingerprint density at radius 1 is 1.31 bits per heavy atom. The summed E-state index contributed by atoms with van der Waals surface area (Å²) in [5.74, 6) is -2.55. The maximum Gasteiger partial charge on any atom is 0.490 e. The van der Waals surface area contributed by atoms with Crippen molar-refractivity contribution < 1.29 is 27.9 Å². The molecule has 2 aliphatic rings. The molecule has 0 unspecified atom stereocenters. The quantitative estimate of drug-likeness (QED) is 0.829. The van der Waals surface area contributed by atoms with E-state index in [2.05, 4.69) is 21.0 Å². The monoisotopic (exact) mass is 411 g/mol. The van der Waals surface area contributed by atoms with Gasteiger partial charge in [0.25, 0.3) is 0 Å². The van der Waals surface area contributed by atoms with Gasteiger partial charge in [0.2, 0.25) is 5.91 Å². The number of carbonyl (C=O) groups is 2. The molecule has 156 valence electrons. The molecule has 11 heteroatoms. The van der Waals surface area contributed by atoms with Gasteiger partial charge in [-0.3, -0.25) is 19.4 Å². The van der Waals surface area contributed by atoms with E-state index in [1.165, 1.54) is 5.56 Å². The molecule has 4 heterocycles. The van der Waals surface area contributed by atoms with Gasteiger partial charge in [-0.1, -0.05) is 6.07 Å². The van der Waals surface area contributed by atoms with Gasteiger partial charge in [0, 0.05) is 51.2 Å². The molecule has 4 rings (SSSR count). The van der Waals surface area contributed by atoms with E-state index in [-0.39, 0.29) is 11.9 Å². The first-order chi connectivity index (χ1) is 13.7. The lowest BCUT2D eigenvalue weighted by molar-refractivity contribution is -0.192. The van der Waals surface area contributed by atoms with Gasteiger partial charge in [0.1, 0.15) is 0 Å². The smallest absolute Gasteiger partial charge is 0.475 e. The number of hydrogen-bond acceptors (Lipinski definition) is 5. The number of aromatic nitrogens is 3. The highest BCUT2D eigenvalue weighted by Gasteiger charge is 2.47. The molecule has 0 aliphatic carbocycles. The summed E-state index contributed by atoms with van der Waals surface area (Å²) in [6.07, 6.45) is 3.93. The van der Waals surface area contributed by atoms with Gasteiger partial charge in [0.15, 0.2) is 0 Å². The summed E-state index contributed by atoms with van der Waals surface area (Å²) in [4.78, 5) is 29.9. The molecule has 2 aromatic heterocycles. The number of fused-ring (bicyclic) bond motifs is 1. The van der Waals surface area contributed by atoms with Crippen LogP contribution < -0.4 is 4.90 Å². The summed E-state index contributed by atoms with van der Waals surface area (Å²) in [6, 6.07) is 4.63. The zero-order valence-corrected chi connectivity index (χ0v) is 15.6. The lowest BCUT2D eigenvalue weighted by atomic mass is 10.1. The Kier molecular flexibility index (Phi) is 5.87. The van der Waals surface area contributed by atoms with Gasteiger partial charge >= 0.3 is 12.1 Å². The number of likely N-dealkylation sites (tertiary alicyclic amines) is 1. The first-order valence-electron chi connectivity index (χ1n) is 8.90. The number of pyridine rings is 1. The molecule has 0 radical (unpaired) electrons. The van der Waals surface area contributed by atoms with Crippen LogP contribution in [0.5, 0.6) is 0 Å². The highest BCUT2D eigenvalue weighted by atomic mass is 19.4. The number of anilines is 1. The molecular formula is C18H20F3N5O3. The number of rotatable bonds is 3. The summed E-state index contributed by atoms with van der Waals surface area (Å²) in [5.41, 5.74) is 2.12. The molecule has 29 heavy (non-hydrogen) atoms. The van der Waals surface area contributed by atoms with Crippen molar-refractivity contribution in [3.8, 4) is 0 Å². The van der Waals surface area contributed by atoms with Crippen LogP contribution in [0.1, 0.15) is 18.4 Å². The van der Waals surface area contributed by atoms with E-state index >= 15 is 0 Å². The number of carboxylic acids is 1. The predicted molar refractivity (Wildman–Crippen MR) is 95.8 cm³/mol. The number of amides is 1. The number of aliphatic carboxylic acids is 1. The molecule has 0 bridgehead atoms. The fourth-order valence-corrected chi connectivity index (χ4v) is 3.72. The Bertz CT molecular complexity index is 871. The molecule has 2 atom stereocenters. The molecule has 2 aromatic rings. The van der Waals surface area contributed by atoms with E-state index in [4.69, 9.17) is 9.90 Å². The zero-order chi connectivity index (χ0) is 21.2. The minimum absolute atomic E-state index is 0.207. The van der Waals surface area contributed by atoms with Crippen molar-refractivity contribution in [3.05, 3.63) is 42.5 Å². The van der Waals surface area contributed by atoms with E-state index in [0.717, 1.165) is 25.2 Å². The Balaban J connectivity index is 0.000000298. The Hall–Kier alpha value is -2.95. The largest absolute Gasteiger partial charge is 0.490 e. The molecule has 0 spiro atoms. The van der Waals surface area contributed by atoms with E-state index in [0.29, 0.717) is 12.5 Å². The van der Waals surface area contributed by atoms with Gasteiger partial charge in [-0.15, -0.1) is 0 Å². The molecular weight excluding hydrogens is 391 g/mol. The summed E-state index contributed by atoms with van der Waals surface area (Å²) < 4.78 is 33.5. The zero-order valence-electron chi connectivity index (χ0n) is 15.6. The van der Waals surface area contributed by atoms with Gasteiger partial charge in [-0.2, -0.15) is 18.3 Å². The van der Waals surface area contributed by atoms with Crippen LogP contribution in [-0.2, 0) is 23.2 Å². The van der Waals surface area contributed by atoms with Crippen LogP contribution in [0.2, 0.25) is 0 Å². The second kappa shape index (κ2) is 8.19. The highest BCUT2D eigenvalue weighted by molar-refractivity contribution is 5.97. The first-order valence-corrected chi connectivity index (χ1v) is 8.90. The van der Waals surface area contributed by atoms with Crippen molar-refractivity contribution in [2.75, 3.05) is 11.4 Å². The van der Waals surface area contributed by atoms with Crippen molar-refractivity contribution in [3.63, 3.8) is 0 Å². The molecule has 2 aliphatic heterocycles. The van der Waals surface area contributed by atoms with Gasteiger partial charge in [-0.25, -0.2) is 4.79 Å². The number of carboxylic acid groups (broad SMARTS) is 1. The van der Waals surface area contributed by atoms with Gasteiger partial charge in [0.05, 0.1) is 17.9 Å². The van der Waals surface area contributed by atoms with E-state index in [1.807, 2.05) is 30.4 Å². The topological polar surface area (TPSA) is 91.6 Å². The molecule has 2 fully saturated rings. The maximum atomic E-state index is 12.4. The molecule has 0 saturated carbocycles. The maximum absolute atomic E-state index is 12.4. The average Bonchev–Trinajstić information content (AvgIpc) is 3.32. The SMILES string of the molecule is Cn1cc(N2C(=O)C[C@@H]3[C@@H]2CCN3Cc2cccnc2)cn1.O=C(O)C(F)(F)F. The third-order valence-electron chi connectivity index (χ3n) is 4.93. The number of halogens is 3. The standard InChI is InChI=1S/C16H19N5O.C2HF3O2/c1-19-11-13(9-18-19)21-14-4-6-20(15(14)7-16(21)22)10-12-3-2-5-17-8-12;3-2(4,5)1(6)7/h2-3,5,8-9,11,14-15H,4,6-7,10H2,1H3;(H,6,7)/t14-,15+;/m0./s1. The fourth-order valence-electron chi connectivity index (χ4n) is 3.72. The number of carbonyl (C=O) groups excluding carboxylic acids is 1. The van der Waals surface area contributed by atoms with Gasteiger partial charge < -0.3 is 10.0 Å². The summed E-state index contributed by atoms with van der Waals surface area (Å²) >= 11 is 0. The molecule has 2 saturated heterocycles. The van der Waals surface area contributed by atoms with Crippen LogP contribution in [0.15, 0.2) is 36.9 Å². The van der Waals surface area contributed by atoms with Crippen LogP contribution >= 0.6 is 0 Å². The van der Waals surface area contributed by atoms with Crippen LogP contribution in [0, 0.1) is 0 Å². The van der Waals surface area contributed by atoms with Crippen LogP contribution in [0.4, 0.5) is 18.9 Å². The summed E-state index contributed by atoms with van der Waals surface area (Å²) in [5, 5.41) is 11.3. The van der Waals surface area contributed by atoms with Crippen molar-refractivity contribution in [2.24, 2.45) is 7.05 Å².